The van der Waals surface area contributed by atoms with Crippen LogP contribution in [0.5, 0.6) is 0 Å². The number of hydrogen-bond donors (Lipinski definition) is 1. The van der Waals surface area contributed by atoms with Gasteiger partial charge in [-0.3, -0.25) is 4.90 Å². The van der Waals surface area contributed by atoms with E-state index in [0.29, 0.717) is 12.1 Å². The minimum Gasteiger partial charge on any atom is -0.367 e. The lowest BCUT2D eigenvalue weighted by Crippen LogP contribution is -2.25. The van der Waals surface area contributed by atoms with Gasteiger partial charge in [-0.25, -0.2) is 4.98 Å². The van der Waals surface area contributed by atoms with E-state index in [0.717, 1.165) is 18.8 Å². The summed E-state index contributed by atoms with van der Waals surface area (Å²) in [6.07, 6.45) is 5.57. The van der Waals surface area contributed by atoms with Gasteiger partial charge in [-0.1, -0.05) is 19.9 Å². The van der Waals surface area contributed by atoms with Gasteiger partial charge in [0.2, 0.25) is 0 Å². The molecule has 0 radical (unpaired) electrons. The Hall–Kier alpha value is -1.09. The van der Waals surface area contributed by atoms with Crippen molar-refractivity contribution in [2.45, 2.75) is 52.1 Å². The highest BCUT2D eigenvalue weighted by Gasteiger charge is 2.27. The maximum Gasteiger partial charge on any atom is 0.130 e. The van der Waals surface area contributed by atoms with Crippen LogP contribution in [0.1, 0.15) is 51.6 Å². The first kappa shape index (κ1) is 13.3. The number of rotatable bonds is 5. The predicted octanol–water partition coefficient (Wildman–Crippen LogP) is 3.45. The fraction of sp³-hybridized carbons (Fsp3) is 0.667. The van der Waals surface area contributed by atoms with E-state index in [9.17, 15) is 0 Å². The summed E-state index contributed by atoms with van der Waals surface area (Å²) in [6.45, 7) is 9.01. The van der Waals surface area contributed by atoms with Gasteiger partial charge in [0.15, 0.2) is 0 Å². The Balaban J connectivity index is 2.21. The van der Waals surface area contributed by atoms with Crippen LogP contribution in [0.3, 0.4) is 0 Å². The van der Waals surface area contributed by atoms with E-state index in [1.54, 1.807) is 0 Å². The Labute approximate surface area is 111 Å². The minimum absolute atomic E-state index is 0.482. The molecular formula is C15H25N3. The highest BCUT2D eigenvalue weighted by molar-refractivity contribution is 5.46. The molecule has 0 aliphatic carbocycles. The van der Waals surface area contributed by atoms with Crippen LogP contribution in [0, 0.1) is 0 Å². The maximum absolute atomic E-state index is 4.54. The van der Waals surface area contributed by atoms with Crippen LogP contribution in [0.2, 0.25) is 0 Å². The van der Waals surface area contributed by atoms with Crippen LogP contribution in [0.15, 0.2) is 18.3 Å². The second-order valence-corrected chi connectivity index (χ2v) is 5.18. The molecule has 1 aliphatic heterocycles. The normalized spacial score (nSPS) is 22.1. The van der Waals surface area contributed by atoms with Crippen molar-refractivity contribution in [2.75, 3.05) is 18.4 Å². The summed E-state index contributed by atoms with van der Waals surface area (Å²) in [4.78, 5) is 7.10. The molecule has 0 bridgehead atoms. The van der Waals surface area contributed by atoms with Crippen LogP contribution in [-0.2, 0) is 0 Å². The molecule has 0 amide bonds. The maximum atomic E-state index is 4.54. The molecule has 1 aromatic heterocycles. The summed E-state index contributed by atoms with van der Waals surface area (Å²) in [5.74, 6) is 1.08. The smallest absolute Gasteiger partial charge is 0.130 e. The number of likely N-dealkylation sites (tertiary alicyclic amines) is 1. The molecule has 1 fully saturated rings. The second kappa shape index (κ2) is 6.19. The van der Waals surface area contributed by atoms with Crippen molar-refractivity contribution < 1.29 is 0 Å². The highest BCUT2D eigenvalue weighted by Crippen LogP contribution is 2.34. The van der Waals surface area contributed by atoms with Gasteiger partial charge in [0.25, 0.3) is 0 Å². The van der Waals surface area contributed by atoms with E-state index in [4.69, 9.17) is 0 Å². The first-order valence-electron chi connectivity index (χ1n) is 7.21. The van der Waals surface area contributed by atoms with E-state index in [-0.39, 0.29) is 0 Å². The van der Waals surface area contributed by atoms with E-state index in [2.05, 4.69) is 48.1 Å². The number of anilines is 1. The fourth-order valence-electron chi connectivity index (χ4n) is 2.70. The molecule has 2 heterocycles. The summed E-state index contributed by atoms with van der Waals surface area (Å²) >= 11 is 0. The summed E-state index contributed by atoms with van der Waals surface area (Å²) in [7, 11) is 0. The molecule has 18 heavy (non-hydrogen) atoms. The molecule has 3 heteroatoms. The molecule has 2 atom stereocenters. The lowest BCUT2D eigenvalue weighted by atomic mass is 10.0. The fourth-order valence-corrected chi connectivity index (χ4v) is 2.70. The lowest BCUT2D eigenvalue weighted by Gasteiger charge is -2.25. The molecule has 1 aromatic rings. The Morgan fingerprint density at radius 1 is 1.50 bits per heavy atom. The summed E-state index contributed by atoms with van der Waals surface area (Å²) in [5, 5.41) is 3.54. The van der Waals surface area contributed by atoms with E-state index < -0.39 is 0 Å². The van der Waals surface area contributed by atoms with Gasteiger partial charge < -0.3 is 5.32 Å². The number of nitrogens with zero attached hydrogens (tertiary/aromatic N) is 2. The number of pyridine rings is 1. The number of nitrogens with one attached hydrogen (secondary N) is 1. The zero-order valence-electron chi connectivity index (χ0n) is 11.8. The first-order chi connectivity index (χ1) is 8.76. The molecule has 2 rings (SSSR count). The van der Waals surface area contributed by atoms with Crippen molar-refractivity contribution in [3.05, 3.63) is 23.9 Å². The number of aromatic nitrogens is 1. The van der Waals surface area contributed by atoms with Gasteiger partial charge in [0.1, 0.15) is 5.82 Å². The summed E-state index contributed by atoms with van der Waals surface area (Å²) < 4.78 is 0. The molecular weight excluding hydrogens is 222 g/mol. The van der Waals surface area contributed by atoms with Crippen LogP contribution in [0.25, 0.3) is 0 Å². The van der Waals surface area contributed by atoms with E-state index in [1.165, 1.54) is 24.9 Å². The molecule has 0 aromatic carbocycles. The van der Waals surface area contributed by atoms with Gasteiger partial charge in [-0.05, 0) is 45.3 Å². The van der Waals surface area contributed by atoms with Gasteiger partial charge >= 0.3 is 0 Å². The SMILES string of the molecule is CCC(C)Nc1ncccc1C1CCCN1CC. The van der Waals surface area contributed by atoms with Crippen molar-refractivity contribution >= 4 is 5.82 Å². The van der Waals surface area contributed by atoms with Crippen LogP contribution >= 0.6 is 0 Å². The van der Waals surface area contributed by atoms with Crippen molar-refractivity contribution in [3.63, 3.8) is 0 Å². The van der Waals surface area contributed by atoms with Crippen molar-refractivity contribution in [1.29, 1.82) is 0 Å². The van der Waals surface area contributed by atoms with Crippen LogP contribution in [-0.4, -0.2) is 29.0 Å². The monoisotopic (exact) mass is 247 g/mol. The number of hydrogen-bond acceptors (Lipinski definition) is 3. The highest BCUT2D eigenvalue weighted by atomic mass is 15.2. The van der Waals surface area contributed by atoms with Crippen molar-refractivity contribution in [1.82, 2.24) is 9.88 Å². The second-order valence-electron chi connectivity index (χ2n) is 5.18. The standard InChI is InChI=1S/C15H25N3/c1-4-12(3)17-15-13(8-6-10-16-15)14-9-7-11-18(14)5-2/h6,8,10,12,14H,4-5,7,9,11H2,1-3H3,(H,16,17). The molecule has 1 saturated heterocycles. The summed E-state index contributed by atoms with van der Waals surface area (Å²) in [5.41, 5.74) is 1.37. The van der Waals surface area contributed by atoms with Crippen LogP contribution < -0.4 is 5.32 Å². The van der Waals surface area contributed by atoms with Crippen LogP contribution in [0.4, 0.5) is 5.82 Å². The molecule has 1 aliphatic rings. The average Bonchev–Trinajstić information content (AvgIpc) is 2.87. The molecule has 1 N–H and O–H groups in total. The Morgan fingerprint density at radius 2 is 2.33 bits per heavy atom. The molecule has 3 nitrogen and oxygen atoms in total. The quantitative estimate of drug-likeness (QED) is 0.864. The largest absolute Gasteiger partial charge is 0.367 e. The first-order valence-corrected chi connectivity index (χ1v) is 7.21. The Morgan fingerprint density at radius 3 is 3.06 bits per heavy atom. The third kappa shape index (κ3) is 2.83. The zero-order valence-corrected chi connectivity index (χ0v) is 11.8. The van der Waals surface area contributed by atoms with Crippen molar-refractivity contribution in [3.8, 4) is 0 Å². The van der Waals surface area contributed by atoms with Gasteiger partial charge in [0.05, 0.1) is 0 Å². The third-order valence-corrected chi connectivity index (χ3v) is 3.96. The van der Waals surface area contributed by atoms with Gasteiger partial charge in [-0.15, -0.1) is 0 Å². The third-order valence-electron chi connectivity index (χ3n) is 3.96. The molecule has 0 spiro atoms. The van der Waals surface area contributed by atoms with E-state index >= 15 is 0 Å². The minimum atomic E-state index is 0.482. The Kier molecular flexibility index (Phi) is 4.59. The zero-order chi connectivity index (χ0) is 13.0. The molecule has 100 valence electrons. The molecule has 2 unspecified atom stereocenters. The van der Waals surface area contributed by atoms with E-state index in [1.807, 2.05) is 6.20 Å². The van der Waals surface area contributed by atoms with Gasteiger partial charge in [-0.2, -0.15) is 0 Å². The Bertz CT molecular complexity index is 378. The molecule has 0 saturated carbocycles. The predicted molar refractivity (Wildman–Crippen MR) is 76.8 cm³/mol. The van der Waals surface area contributed by atoms with Gasteiger partial charge in [0, 0.05) is 23.8 Å². The topological polar surface area (TPSA) is 28.2 Å². The average molecular weight is 247 g/mol. The van der Waals surface area contributed by atoms with Crippen molar-refractivity contribution in [2.24, 2.45) is 0 Å². The summed E-state index contributed by atoms with van der Waals surface area (Å²) in [6, 6.07) is 5.32. The lowest BCUT2D eigenvalue weighted by molar-refractivity contribution is 0.271.